The second kappa shape index (κ2) is 7.35. The van der Waals surface area contributed by atoms with Gasteiger partial charge in [0.2, 0.25) is 0 Å². The number of methoxy groups -OCH3 is 1. The van der Waals surface area contributed by atoms with Gasteiger partial charge in [0.05, 0.1) is 30.1 Å². The molecule has 0 N–H and O–H groups in total. The van der Waals surface area contributed by atoms with Gasteiger partial charge in [-0.15, -0.1) is 0 Å². The molecule has 7 heteroatoms. The number of amides is 1. The first-order valence-corrected chi connectivity index (χ1v) is 7.65. The van der Waals surface area contributed by atoms with Crippen LogP contribution in [-0.2, 0) is 4.74 Å². The highest BCUT2D eigenvalue weighted by Gasteiger charge is 2.37. The summed E-state index contributed by atoms with van der Waals surface area (Å²) in [4.78, 5) is 22.0. The van der Waals surface area contributed by atoms with Crippen LogP contribution in [0.25, 0.3) is 0 Å². The van der Waals surface area contributed by atoms with E-state index < -0.39 is 5.82 Å². The summed E-state index contributed by atoms with van der Waals surface area (Å²) in [6.07, 6.45) is 6.25. The molecule has 2 atom stereocenters. The zero-order valence-corrected chi connectivity index (χ0v) is 13.3. The zero-order valence-electron chi connectivity index (χ0n) is 13.3. The third-order valence-electron chi connectivity index (χ3n) is 4.05. The van der Waals surface area contributed by atoms with Crippen molar-refractivity contribution in [3.8, 4) is 5.75 Å². The highest BCUT2D eigenvalue weighted by Crippen LogP contribution is 2.24. The number of carbonyl (C=O) groups is 1. The fourth-order valence-corrected chi connectivity index (χ4v) is 2.78. The zero-order chi connectivity index (χ0) is 16.9. The van der Waals surface area contributed by atoms with Gasteiger partial charge in [-0.3, -0.25) is 14.8 Å². The number of likely N-dealkylation sites (tertiary alicyclic amines) is 1. The first-order valence-electron chi connectivity index (χ1n) is 7.65. The summed E-state index contributed by atoms with van der Waals surface area (Å²) in [5.74, 6) is -0.384. The van der Waals surface area contributed by atoms with Gasteiger partial charge in [-0.25, -0.2) is 4.39 Å². The van der Waals surface area contributed by atoms with Gasteiger partial charge in [-0.05, 0) is 24.6 Å². The number of aromatic nitrogens is 2. The fourth-order valence-electron chi connectivity index (χ4n) is 2.78. The van der Waals surface area contributed by atoms with Gasteiger partial charge < -0.3 is 14.4 Å². The summed E-state index contributed by atoms with van der Waals surface area (Å²) in [7, 11) is 1.60. The lowest BCUT2D eigenvalue weighted by atomic mass is 10.2. The molecule has 1 aliphatic heterocycles. The van der Waals surface area contributed by atoms with Crippen LogP contribution in [0, 0.1) is 5.82 Å². The van der Waals surface area contributed by atoms with Gasteiger partial charge in [0.15, 0.2) is 5.82 Å². The molecule has 3 rings (SSSR count). The lowest BCUT2D eigenvalue weighted by Crippen LogP contribution is -2.39. The maximum absolute atomic E-state index is 13.9. The molecular weight excluding hydrogens is 313 g/mol. The van der Waals surface area contributed by atoms with Crippen molar-refractivity contribution in [1.29, 1.82) is 0 Å². The minimum atomic E-state index is -0.629. The first-order chi connectivity index (χ1) is 11.7. The molecule has 2 aromatic heterocycles. The SMILES string of the molecule is CO[C@@H]1C[C@@H](COc2cccnc2)N(C(=O)c2ccncc2F)C1. The molecule has 6 nitrogen and oxygen atoms in total. The van der Waals surface area contributed by atoms with Gasteiger partial charge in [-0.1, -0.05) is 0 Å². The van der Waals surface area contributed by atoms with E-state index in [0.717, 1.165) is 6.20 Å². The topological polar surface area (TPSA) is 64.6 Å². The van der Waals surface area contributed by atoms with Crippen LogP contribution >= 0.6 is 0 Å². The van der Waals surface area contributed by atoms with Crippen LogP contribution in [0.4, 0.5) is 4.39 Å². The van der Waals surface area contributed by atoms with Crippen LogP contribution in [0.2, 0.25) is 0 Å². The molecule has 2 aromatic rings. The minimum absolute atomic E-state index is 0.00753. The molecule has 1 amide bonds. The summed E-state index contributed by atoms with van der Waals surface area (Å²) in [6.45, 7) is 0.697. The van der Waals surface area contributed by atoms with Gasteiger partial charge >= 0.3 is 0 Å². The molecule has 0 saturated carbocycles. The highest BCUT2D eigenvalue weighted by atomic mass is 19.1. The number of nitrogens with zero attached hydrogens (tertiary/aromatic N) is 3. The molecule has 1 fully saturated rings. The van der Waals surface area contributed by atoms with Gasteiger partial charge in [-0.2, -0.15) is 0 Å². The predicted molar refractivity (Wildman–Crippen MR) is 84.2 cm³/mol. The smallest absolute Gasteiger partial charge is 0.257 e. The molecule has 1 aliphatic rings. The molecule has 0 radical (unpaired) electrons. The molecule has 0 aromatic carbocycles. The van der Waals surface area contributed by atoms with Crippen molar-refractivity contribution < 1.29 is 18.7 Å². The summed E-state index contributed by atoms with van der Waals surface area (Å²) in [6, 6.07) is 4.76. The van der Waals surface area contributed by atoms with E-state index in [1.807, 2.05) is 0 Å². The lowest BCUT2D eigenvalue weighted by molar-refractivity contribution is 0.0653. The maximum atomic E-state index is 13.9. The van der Waals surface area contributed by atoms with E-state index in [1.165, 1.54) is 12.3 Å². The first kappa shape index (κ1) is 16.3. The Balaban J connectivity index is 1.74. The normalized spacial score (nSPS) is 20.2. The number of hydrogen-bond acceptors (Lipinski definition) is 5. The standard InChI is InChI=1S/C17H18FN3O3/c1-23-14-7-12(11-24-13-3-2-5-19-8-13)21(10-14)17(22)15-4-6-20-9-16(15)18/h2-6,8-9,12,14H,7,10-11H2,1H3/t12-,14+/m0/s1. The van der Waals surface area contributed by atoms with Crippen molar-refractivity contribution >= 4 is 5.91 Å². The van der Waals surface area contributed by atoms with Crippen molar-refractivity contribution in [2.45, 2.75) is 18.6 Å². The van der Waals surface area contributed by atoms with Crippen LogP contribution < -0.4 is 4.74 Å². The molecule has 0 aliphatic carbocycles. The Bertz CT molecular complexity index is 698. The minimum Gasteiger partial charge on any atom is -0.490 e. The van der Waals surface area contributed by atoms with E-state index >= 15 is 0 Å². The number of carbonyl (C=O) groups excluding carboxylic acids is 1. The third kappa shape index (κ3) is 3.51. The number of pyridine rings is 2. The number of hydrogen-bond donors (Lipinski definition) is 0. The van der Waals surface area contributed by atoms with Gasteiger partial charge in [0.1, 0.15) is 12.4 Å². The molecule has 0 spiro atoms. The largest absolute Gasteiger partial charge is 0.490 e. The van der Waals surface area contributed by atoms with Crippen LogP contribution in [0.5, 0.6) is 5.75 Å². The number of rotatable bonds is 5. The monoisotopic (exact) mass is 331 g/mol. The van der Waals surface area contributed by atoms with Crippen LogP contribution in [0.3, 0.4) is 0 Å². The Hall–Kier alpha value is -2.54. The van der Waals surface area contributed by atoms with Gasteiger partial charge in [0, 0.05) is 26.0 Å². The summed E-state index contributed by atoms with van der Waals surface area (Å²) >= 11 is 0. The van der Waals surface area contributed by atoms with Crippen molar-refractivity contribution in [1.82, 2.24) is 14.9 Å². The molecule has 1 saturated heterocycles. The molecule has 126 valence electrons. The second-order valence-corrected chi connectivity index (χ2v) is 5.56. The Kier molecular flexibility index (Phi) is 5.00. The lowest BCUT2D eigenvalue weighted by Gasteiger charge is -2.24. The fraction of sp³-hybridized carbons (Fsp3) is 0.353. The van der Waals surface area contributed by atoms with Crippen LogP contribution in [-0.4, -0.2) is 53.2 Å². The molecule has 0 unspecified atom stereocenters. The van der Waals surface area contributed by atoms with Crippen LogP contribution in [0.1, 0.15) is 16.8 Å². The Labute approximate surface area is 139 Å². The van der Waals surface area contributed by atoms with Crippen molar-refractivity contribution in [3.63, 3.8) is 0 Å². The van der Waals surface area contributed by atoms with Gasteiger partial charge in [0.25, 0.3) is 5.91 Å². The quantitative estimate of drug-likeness (QED) is 0.837. The van der Waals surface area contributed by atoms with E-state index in [4.69, 9.17) is 9.47 Å². The summed E-state index contributed by atoms with van der Waals surface area (Å²) < 4.78 is 25.0. The van der Waals surface area contributed by atoms with E-state index in [1.54, 1.807) is 36.5 Å². The Morgan fingerprint density at radius 3 is 2.88 bits per heavy atom. The maximum Gasteiger partial charge on any atom is 0.257 e. The van der Waals surface area contributed by atoms with E-state index in [2.05, 4.69) is 9.97 Å². The predicted octanol–water partition coefficient (Wildman–Crippen LogP) is 1.92. The molecular formula is C17H18FN3O3. The van der Waals surface area contributed by atoms with E-state index in [-0.39, 0.29) is 23.6 Å². The highest BCUT2D eigenvalue weighted by molar-refractivity contribution is 5.94. The van der Waals surface area contributed by atoms with E-state index in [9.17, 15) is 9.18 Å². The molecule has 24 heavy (non-hydrogen) atoms. The average molecular weight is 331 g/mol. The number of halogens is 1. The summed E-state index contributed by atoms with van der Waals surface area (Å²) in [5.41, 5.74) is 0.00753. The summed E-state index contributed by atoms with van der Waals surface area (Å²) in [5, 5.41) is 0. The van der Waals surface area contributed by atoms with Crippen molar-refractivity contribution in [3.05, 3.63) is 54.4 Å². The second-order valence-electron chi connectivity index (χ2n) is 5.56. The average Bonchev–Trinajstić information content (AvgIpc) is 3.04. The Morgan fingerprint density at radius 2 is 2.17 bits per heavy atom. The third-order valence-corrected chi connectivity index (χ3v) is 4.05. The van der Waals surface area contributed by atoms with Crippen molar-refractivity contribution in [2.75, 3.05) is 20.3 Å². The number of ether oxygens (including phenoxy) is 2. The Morgan fingerprint density at radius 1 is 1.33 bits per heavy atom. The van der Waals surface area contributed by atoms with E-state index in [0.29, 0.717) is 25.3 Å². The van der Waals surface area contributed by atoms with Crippen LogP contribution in [0.15, 0.2) is 43.0 Å². The molecule has 0 bridgehead atoms. The molecule has 3 heterocycles. The van der Waals surface area contributed by atoms with Crippen molar-refractivity contribution in [2.24, 2.45) is 0 Å².